The lowest BCUT2D eigenvalue weighted by atomic mass is 10.3. The summed E-state index contributed by atoms with van der Waals surface area (Å²) in [6, 6.07) is 4.07. The first kappa shape index (κ1) is 10.3. The molecule has 0 aliphatic carbocycles. The molecule has 0 bridgehead atoms. The van der Waals surface area contributed by atoms with Crippen LogP contribution in [0, 0.1) is 0 Å². The fourth-order valence-corrected chi connectivity index (χ4v) is 1.82. The summed E-state index contributed by atoms with van der Waals surface area (Å²) in [7, 11) is -2.82. The van der Waals surface area contributed by atoms with Gasteiger partial charge >= 0.3 is 0 Å². The van der Waals surface area contributed by atoms with Gasteiger partial charge in [-0.25, -0.2) is 0 Å². The highest BCUT2D eigenvalue weighted by molar-refractivity contribution is 7.86. The maximum atomic E-state index is 10.8. The van der Waals surface area contributed by atoms with Gasteiger partial charge in [0, 0.05) is 12.1 Å². The molecule has 0 spiro atoms. The maximum absolute atomic E-state index is 10.8. The first-order valence-corrected chi connectivity index (χ1v) is 5.14. The van der Waals surface area contributed by atoms with Gasteiger partial charge in [0.25, 0.3) is 10.1 Å². The molecule has 0 saturated carbocycles. The molecule has 0 fully saturated rings. The van der Waals surface area contributed by atoms with E-state index in [0.717, 1.165) is 6.07 Å². The Morgan fingerprint density at radius 2 is 2.08 bits per heavy atom. The molecular formula is C7H7ClNO3S. The van der Waals surface area contributed by atoms with E-state index in [1.54, 1.807) is 0 Å². The van der Waals surface area contributed by atoms with Gasteiger partial charge in [0.05, 0.1) is 5.69 Å². The van der Waals surface area contributed by atoms with Crippen LogP contribution in [-0.2, 0) is 10.1 Å². The van der Waals surface area contributed by atoms with E-state index in [4.69, 9.17) is 16.2 Å². The zero-order valence-electron chi connectivity index (χ0n) is 6.73. The van der Waals surface area contributed by atoms with E-state index in [9.17, 15) is 8.42 Å². The molecule has 0 amide bonds. The minimum absolute atomic E-state index is 0.187. The van der Waals surface area contributed by atoms with Crippen molar-refractivity contribution in [1.29, 1.82) is 0 Å². The Kier molecular flexibility index (Phi) is 2.80. The van der Waals surface area contributed by atoms with Gasteiger partial charge in [0.2, 0.25) is 0 Å². The average molecular weight is 221 g/mol. The third kappa shape index (κ3) is 2.33. The Balaban J connectivity index is 3.41. The van der Waals surface area contributed by atoms with Crippen molar-refractivity contribution in [2.24, 2.45) is 0 Å². The van der Waals surface area contributed by atoms with Crippen molar-refractivity contribution in [1.82, 2.24) is 5.32 Å². The fourth-order valence-electron chi connectivity index (χ4n) is 0.879. The molecule has 1 aromatic rings. The van der Waals surface area contributed by atoms with E-state index in [0.29, 0.717) is 0 Å². The highest BCUT2D eigenvalue weighted by Crippen LogP contribution is 2.24. The topological polar surface area (TPSA) is 68.5 Å². The van der Waals surface area contributed by atoms with Gasteiger partial charge in [-0.1, -0.05) is 11.6 Å². The van der Waals surface area contributed by atoms with Crippen molar-refractivity contribution in [3.63, 3.8) is 0 Å². The van der Waals surface area contributed by atoms with Crippen molar-refractivity contribution in [3.8, 4) is 0 Å². The van der Waals surface area contributed by atoms with Gasteiger partial charge in [-0.05, 0) is 18.2 Å². The lowest BCUT2D eigenvalue weighted by Gasteiger charge is -2.03. The number of benzene rings is 1. The summed E-state index contributed by atoms with van der Waals surface area (Å²) in [5.41, 5.74) is 0.187. The lowest BCUT2D eigenvalue weighted by Crippen LogP contribution is -2.02. The Hall–Kier alpha value is -0.780. The molecule has 0 heterocycles. The van der Waals surface area contributed by atoms with Crippen LogP contribution in [0.5, 0.6) is 0 Å². The Bertz CT molecular complexity index is 416. The summed E-state index contributed by atoms with van der Waals surface area (Å²) in [6.07, 6.45) is 0. The molecule has 0 saturated heterocycles. The average Bonchev–Trinajstić information content (AvgIpc) is 2.03. The summed E-state index contributed by atoms with van der Waals surface area (Å²) >= 11 is 5.56. The third-order valence-electron chi connectivity index (χ3n) is 1.44. The second kappa shape index (κ2) is 3.53. The minimum Gasteiger partial charge on any atom is -0.287 e. The summed E-state index contributed by atoms with van der Waals surface area (Å²) < 4.78 is 30.4. The molecule has 0 aliphatic heterocycles. The SMILES string of the molecule is C[N]c1ccc(Cl)cc1S(=O)(=O)O. The van der Waals surface area contributed by atoms with Crippen LogP contribution in [0.25, 0.3) is 0 Å². The summed E-state index contributed by atoms with van der Waals surface area (Å²) in [5.74, 6) is 0. The maximum Gasteiger partial charge on any atom is 0.296 e. The van der Waals surface area contributed by atoms with Crippen molar-refractivity contribution >= 4 is 27.4 Å². The quantitative estimate of drug-likeness (QED) is 0.767. The lowest BCUT2D eigenvalue weighted by molar-refractivity contribution is 0.483. The molecule has 4 nitrogen and oxygen atoms in total. The van der Waals surface area contributed by atoms with Crippen LogP contribution in [0.4, 0.5) is 5.69 Å². The number of hydrogen-bond donors (Lipinski definition) is 1. The second-order valence-corrected chi connectivity index (χ2v) is 4.14. The van der Waals surface area contributed by atoms with E-state index in [-0.39, 0.29) is 15.6 Å². The van der Waals surface area contributed by atoms with Gasteiger partial charge in [-0.3, -0.25) is 9.87 Å². The Morgan fingerprint density at radius 1 is 1.46 bits per heavy atom. The summed E-state index contributed by atoms with van der Waals surface area (Å²) in [4.78, 5) is -0.275. The van der Waals surface area contributed by atoms with Gasteiger partial charge in [0.15, 0.2) is 0 Å². The van der Waals surface area contributed by atoms with Crippen LogP contribution in [-0.4, -0.2) is 20.0 Å². The molecule has 1 rings (SSSR count). The predicted molar refractivity (Wildman–Crippen MR) is 49.0 cm³/mol. The molecule has 6 heteroatoms. The van der Waals surface area contributed by atoms with Crippen molar-refractivity contribution in [2.45, 2.75) is 4.90 Å². The standard InChI is InChI=1S/C7H7ClNO3S/c1-9-6-3-2-5(8)4-7(6)13(10,11)12/h2-4H,1H3,(H,10,11,12). The van der Waals surface area contributed by atoms with E-state index < -0.39 is 10.1 Å². The monoisotopic (exact) mass is 220 g/mol. The van der Waals surface area contributed by atoms with Crippen LogP contribution in [0.1, 0.15) is 0 Å². The molecule has 0 aliphatic rings. The van der Waals surface area contributed by atoms with Gasteiger partial charge in [-0.2, -0.15) is 8.42 Å². The Labute approximate surface area is 81.3 Å². The molecule has 0 atom stereocenters. The Morgan fingerprint density at radius 3 is 2.54 bits per heavy atom. The smallest absolute Gasteiger partial charge is 0.287 e. The van der Waals surface area contributed by atoms with Gasteiger partial charge in [-0.15, -0.1) is 0 Å². The zero-order chi connectivity index (χ0) is 10.1. The molecule has 1 radical (unpaired) electrons. The fraction of sp³-hybridized carbons (Fsp3) is 0.143. The van der Waals surface area contributed by atoms with Crippen molar-refractivity contribution < 1.29 is 13.0 Å². The molecule has 0 aromatic heterocycles. The first-order chi connectivity index (χ1) is 5.95. The number of halogens is 1. The van der Waals surface area contributed by atoms with E-state index in [2.05, 4.69) is 5.32 Å². The highest BCUT2D eigenvalue weighted by Gasteiger charge is 2.15. The molecular weight excluding hydrogens is 214 g/mol. The van der Waals surface area contributed by atoms with Crippen LogP contribution >= 0.6 is 11.6 Å². The molecule has 1 aromatic carbocycles. The molecule has 1 N–H and O–H groups in total. The highest BCUT2D eigenvalue weighted by atomic mass is 35.5. The first-order valence-electron chi connectivity index (χ1n) is 3.32. The van der Waals surface area contributed by atoms with Crippen molar-refractivity contribution in [2.75, 3.05) is 7.05 Å². The second-order valence-electron chi connectivity index (χ2n) is 2.31. The third-order valence-corrected chi connectivity index (χ3v) is 2.56. The summed E-state index contributed by atoms with van der Waals surface area (Å²) in [5, 5.41) is 3.92. The normalized spacial score (nSPS) is 11.3. The molecule has 71 valence electrons. The van der Waals surface area contributed by atoms with Crippen LogP contribution in [0.2, 0.25) is 5.02 Å². The van der Waals surface area contributed by atoms with Gasteiger partial charge < -0.3 is 0 Å². The predicted octanol–water partition coefficient (Wildman–Crippen LogP) is 1.45. The van der Waals surface area contributed by atoms with Crippen LogP contribution < -0.4 is 5.32 Å². The number of hydrogen-bond acceptors (Lipinski definition) is 2. The van der Waals surface area contributed by atoms with E-state index >= 15 is 0 Å². The number of rotatable bonds is 2. The summed E-state index contributed by atoms with van der Waals surface area (Å²) in [6.45, 7) is 0. The van der Waals surface area contributed by atoms with Gasteiger partial charge in [0.1, 0.15) is 4.90 Å². The number of nitrogens with zero attached hydrogens (tertiary/aromatic N) is 1. The minimum atomic E-state index is -4.25. The largest absolute Gasteiger partial charge is 0.296 e. The van der Waals surface area contributed by atoms with Crippen molar-refractivity contribution in [3.05, 3.63) is 23.2 Å². The van der Waals surface area contributed by atoms with Crippen LogP contribution in [0.3, 0.4) is 0 Å². The zero-order valence-corrected chi connectivity index (χ0v) is 8.30. The van der Waals surface area contributed by atoms with E-state index in [1.165, 1.54) is 19.2 Å². The van der Waals surface area contributed by atoms with Crippen LogP contribution in [0.15, 0.2) is 23.1 Å². The molecule has 0 unspecified atom stereocenters. The van der Waals surface area contributed by atoms with E-state index in [1.807, 2.05) is 0 Å². The molecule has 13 heavy (non-hydrogen) atoms.